The molecule has 1 unspecified atom stereocenters. The number of amides is 1. The van der Waals surface area contributed by atoms with E-state index < -0.39 is 23.1 Å². The van der Waals surface area contributed by atoms with Crippen LogP contribution in [0.4, 0.5) is 0 Å². The Hall–Kier alpha value is -2.41. The zero-order valence-electron chi connectivity index (χ0n) is 9.42. The molecule has 0 aliphatic heterocycles. The van der Waals surface area contributed by atoms with E-state index in [1.165, 1.54) is 0 Å². The monoisotopic (exact) mass is 248 g/mol. The SMILES string of the molecule is NC(=O)C(N)Cn1[nH]c(=O)c2ccccc2c1=O. The molecule has 1 heterocycles. The van der Waals surface area contributed by atoms with E-state index in [0.717, 1.165) is 4.68 Å². The third-order valence-electron chi connectivity index (χ3n) is 2.63. The van der Waals surface area contributed by atoms with Crippen LogP contribution < -0.4 is 22.6 Å². The molecule has 0 aliphatic rings. The van der Waals surface area contributed by atoms with Gasteiger partial charge in [0, 0.05) is 0 Å². The molecule has 0 saturated heterocycles. The second-order valence-electron chi connectivity index (χ2n) is 3.91. The number of fused-ring (bicyclic) bond motifs is 1. The minimum atomic E-state index is -1.03. The van der Waals surface area contributed by atoms with Gasteiger partial charge >= 0.3 is 0 Å². The normalized spacial score (nSPS) is 12.5. The topological polar surface area (TPSA) is 124 Å². The number of nitrogens with one attached hydrogen (secondary N) is 1. The predicted octanol–water partition coefficient (Wildman–Crippen LogP) is -1.50. The summed E-state index contributed by atoms with van der Waals surface area (Å²) in [5.74, 6) is -0.740. The number of rotatable bonds is 3. The summed E-state index contributed by atoms with van der Waals surface area (Å²) in [6.07, 6.45) is 0. The molecule has 0 radical (unpaired) electrons. The van der Waals surface area contributed by atoms with Gasteiger partial charge in [-0.05, 0) is 12.1 Å². The van der Waals surface area contributed by atoms with Crippen LogP contribution in [0.5, 0.6) is 0 Å². The van der Waals surface area contributed by atoms with Gasteiger partial charge in [0.1, 0.15) is 6.04 Å². The molecule has 0 bridgehead atoms. The van der Waals surface area contributed by atoms with Gasteiger partial charge in [-0.2, -0.15) is 0 Å². The molecule has 1 amide bonds. The zero-order chi connectivity index (χ0) is 13.3. The molecule has 0 aliphatic carbocycles. The van der Waals surface area contributed by atoms with E-state index in [-0.39, 0.29) is 11.9 Å². The van der Waals surface area contributed by atoms with E-state index in [1.54, 1.807) is 24.3 Å². The van der Waals surface area contributed by atoms with E-state index in [4.69, 9.17) is 11.5 Å². The lowest BCUT2D eigenvalue weighted by atomic mass is 10.2. The molecule has 5 N–H and O–H groups in total. The van der Waals surface area contributed by atoms with Crippen LogP contribution in [-0.4, -0.2) is 21.7 Å². The maximum atomic E-state index is 12.0. The predicted molar refractivity (Wildman–Crippen MR) is 66.0 cm³/mol. The number of carbonyl (C=O) groups is 1. The maximum Gasteiger partial charge on any atom is 0.273 e. The number of aromatic amines is 1. The fraction of sp³-hybridized carbons (Fsp3) is 0.182. The van der Waals surface area contributed by atoms with Crippen LogP contribution in [0.3, 0.4) is 0 Å². The standard InChI is InChI=1S/C11H12N4O3/c12-8(9(13)16)5-15-11(18)7-4-2-1-3-6(7)10(17)14-15/h1-4,8H,5,12H2,(H2,13,16)(H,14,17). The summed E-state index contributed by atoms with van der Waals surface area (Å²) in [5, 5.41) is 2.94. The highest BCUT2D eigenvalue weighted by Gasteiger charge is 2.13. The molecule has 7 nitrogen and oxygen atoms in total. The minimum Gasteiger partial charge on any atom is -0.368 e. The average Bonchev–Trinajstić information content (AvgIpc) is 2.35. The molecule has 2 rings (SSSR count). The number of aromatic nitrogens is 2. The molecule has 94 valence electrons. The van der Waals surface area contributed by atoms with Gasteiger partial charge in [0.25, 0.3) is 11.1 Å². The molecule has 0 saturated carbocycles. The summed E-state index contributed by atoms with van der Waals surface area (Å²) in [6, 6.07) is 5.38. The van der Waals surface area contributed by atoms with Gasteiger partial charge in [0.15, 0.2) is 0 Å². The Labute approximate surface area is 101 Å². The number of primary amides is 1. The van der Waals surface area contributed by atoms with E-state index in [1.807, 2.05) is 0 Å². The quantitative estimate of drug-likeness (QED) is 0.611. The Kier molecular flexibility index (Phi) is 2.99. The third kappa shape index (κ3) is 2.03. The molecule has 7 heteroatoms. The fourth-order valence-corrected chi connectivity index (χ4v) is 1.66. The lowest BCUT2D eigenvalue weighted by Crippen LogP contribution is -2.44. The number of carbonyl (C=O) groups excluding carboxylic acids is 1. The number of nitrogens with two attached hydrogens (primary N) is 2. The summed E-state index contributed by atoms with van der Waals surface area (Å²) in [5.41, 5.74) is 9.64. The Bertz CT molecular complexity index is 716. The van der Waals surface area contributed by atoms with Gasteiger partial charge in [-0.3, -0.25) is 19.5 Å². The Morgan fingerprint density at radius 3 is 2.50 bits per heavy atom. The summed E-state index contributed by atoms with van der Waals surface area (Å²) >= 11 is 0. The summed E-state index contributed by atoms with van der Waals surface area (Å²) in [4.78, 5) is 34.6. The molecule has 18 heavy (non-hydrogen) atoms. The highest BCUT2D eigenvalue weighted by molar-refractivity contribution is 5.81. The van der Waals surface area contributed by atoms with Crippen molar-refractivity contribution in [1.82, 2.24) is 9.78 Å². The van der Waals surface area contributed by atoms with Crippen LogP contribution in [0.2, 0.25) is 0 Å². The van der Waals surface area contributed by atoms with Crippen molar-refractivity contribution >= 4 is 16.7 Å². The second kappa shape index (κ2) is 4.46. The van der Waals surface area contributed by atoms with Crippen LogP contribution >= 0.6 is 0 Å². The van der Waals surface area contributed by atoms with E-state index in [0.29, 0.717) is 5.39 Å². The first-order valence-corrected chi connectivity index (χ1v) is 5.27. The minimum absolute atomic E-state index is 0.158. The number of hydrogen-bond acceptors (Lipinski definition) is 4. The third-order valence-corrected chi connectivity index (χ3v) is 2.63. The van der Waals surface area contributed by atoms with Crippen LogP contribution in [0, 0.1) is 0 Å². The summed E-state index contributed by atoms with van der Waals surface area (Å²) in [7, 11) is 0. The Morgan fingerprint density at radius 2 is 1.89 bits per heavy atom. The van der Waals surface area contributed by atoms with Crippen molar-refractivity contribution in [2.45, 2.75) is 12.6 Å². The summed E-state index contributed by atoms with van der Waals surface area (Å²) < 4.78 is 1.00. The van der Waals surface area contributed by atoms with Crippen LogP contribution in [0.15, 0.2) is 33.9 Å². The van der Waals surface area contributed by atoms with Crippen molar-refractivity contribution in [2.75, 3.05) is 0 Å². The first-order chi connectivity index (χ1) is 8.50. The lowest BCUT2D eigenvalue weighted by Gasteiger charge is -2.10. The first kappa shape index (κ1) is 12.1. The first-order valence-electron chi connectivity index (χ1n) is 5.27. The average molecular weight is 248 g/mol. The van der Waals surface area contributed by atoms with Crippen molar-refractivity contribution in [2.24, 2.45) is 11.5 Å². The van der Waals surface area contributed by atoms with E-state index in [2.05, 4.69) is 5.10 Å². The number of hydrogen-bond donors (Lipinski definition) is 3. The van der Waals surface area contributed by atoms with Crippen molar-refractivity contribution in [3.05, 3.63) is 45.0 Å². The van der Waals surface area contributed by atoms with Gasteiger partial charge in [0.05, 0.1) is 17.3 Å². The van der Waals surface area contributed by atoms with Crippen LogP contribution in [0.1, 0.15) is 0 Å². The molecule has 0 fully saturated rings. The molecule has 0 spiro atoms. The van der Waals surface area contributed by atoms with Crippen molar-refractivity contribution in [3.63, 3.8) is 0 Å². The zero-order valence-corrected chi connectivity index (χ0v) is 9.42. The van der Waals surface area contributed by atoms with Gasteiger partial charge < -0.3 is 11.5 Å². The number of benzene rings is 1. The van der Waals surface area contributed by atoms with Crippen LogP contribution in [0.25, 0.3) is 10.8 Å². The van der Waals surface area contributed by atoms with Crippen molar-refractivity contribution < 1.29 is 4.79 Å². The molecule has 1 atom stereocenters. The molecule has 1 aromatic carbocycles. The van der Waals surface area contributed by atoms with Gasteiger partial charge in [-0.25, -0.2) is 4.68 Å². The molecule has 2 aromatic rings. The Balaban J connectivity index is 2.60. The van der Waals surface area contributed by atoms with E-state index >= 15 is 0 Å². The molecule has 1 aromatic heterocycles. The molecular weight excluding hydrogens is 236 g/mol. The number of H-pyrrole nitrogens is 1. The Morgan fingerprint density at radius 1 is 1.28 bits per heavy atom. The van der Waals surface area contributed by atoms with Gasteiger partial charge in [0.2, 0.25) is 5.91 Å². The highest BCUT2D eigenvalue weighted by atomic mass is 16.2. The highest BCUT2D eigenvalue weighted by Crippen LogP contribution is 2.02. The maximum absolute atomic E-state index is 12.0. The van der Waals surface area contributed by atoms with Gasteiger partial charge in [-0.1, -0.05) is 12.1 Å². The summed E-state index contributed by atoms with van der Waals surface area (Å²) in [6.45, 7) is -0.158. The second-order valence-corrected chi connectivity index (χ2v) is 3.91. The molecular formula is C11H12N4O3. The van der Waals surface area contributed by atoms with Gasteiger partial charge in [-0.15, -0.1) is 0 Å². The van der Waals surface area contributed by atoms with Crippen LogP contribution in [-0.2, 0) is 11.3 Å². The van der Waals surface area contributed by atoms with Crippen molar-refractivity contribution in [1.29, 1.82) is 0 Å². The number of nitrogens with zero attached hydrogens (tertiary/aromatic N) is 1. The smallest absolute Gasteiger partial charge is 0.273 e. The largest absolute Gasteiger partial charge is 0.368 e. The van der Waals surface area contributed by atoms with Crippen molar-refractivity contribution in [3.8, 4) is 0 Å². The fourth-order valence-electron chi connectivity index (χ4n) is 1.66. The van der Waals surface area contributed by atoms with E-state index in [9.17, 15) is 14.4 Å². The lowest BCUT2D eigenvalue weighted by molar-refractivity contribution is -0.119.